The Morgan fingerprint density at radius 3 is 2.36 bits per heavy atom. The van der Waals surface area contributed by atoms with Crippen LogP contribution in [0.1, 0.15) is 32.9 Å². The van der Waals surface area contributed by atoms with Crippen LogP contribution >= 0.6 is 11.8 Å². The van der Waals surface area contributed by atoms with E-state index < -0.39 is 58.2 Å². The number of nitro groups is 1. The van der Waals surface area contributed by atoms with Gasteiger partial charge in [0.1, 0.15) is 0 Å². The molecule has 2 amide bonds. The number of thioether (sulfide) groups is 1. The largest absolute Gasteiger partial charge is 0.418 e. The molecule has 0 saturated carbocycles. The first-order chi connectivity index (χ1) is 20.6. The molecule has 0 unspecified atom stereocenters. The maximum absolute atomic E-state index is 13.5. The van der Waals surface area contributed by atoms with Crippen LogP contribution in [-0.4, -0.2) is 37.3 Å². The molecule has 0 aliphatic heterocycles. The summed E-state index contributed by atoms with van der Waals surface area (Å²) in [4.78, 5) is 35.9. The molecule has 0 atom stereocenters. The quantitative estimate of drug-likeness (QED) is 0.0968. The van der Waals surface area contributed by atoms with E-state index in [4.69, 9.17) is 0 Å². The van der Waals surface area contributed by atoms with E-state index in [0.29, 0.717) is 17.3 Å². The molecule has 0 radical (unpaired) electrons. The number of hydrogen-bond donors (Lipinski definition) is 2. The van der Waals surface area contributed by atoms with Gasteiger partial charge in [0.15, 0.2) is 11.0 Å². The maximum Gasteiger partial charge on any atom is 0.418 e. The minimum atomic E-state index is -4.73. The van der Waals surface area contributed by atoms with Crippen molar-refractivity contribution in [3.63, 3.8) is 0 Å². The van der Waals surface area contributed by atoms with Crippen LogP contribution in [0.2, 0.25) is 0 Å². The van der Waals surface area contributed by atoms with E-state index in [0.717, 1.165) is 47.0 Å². The summed E-state index contributed by atoms with van der Waals surface area (Å²) in [5, 5.41) is 23.6. The minimum Gasteiger partial charge on any atom is -0.345 e. The van der Waals surface area contributed by atoms with Crippen LogP contribution in [-0.2, 0) is 23.7 Å². The lowest BCUT2D eigenvalue weighted by atomic mass is 10.1. The lowest BCUT2D eigenvalue weighted by Crippen LogP contribution is -2.25. The summed E-state index contributed by atoms with van der Waals surface area (Å²) in [7, 11) is 0. The molecule has 1 aromatic heterocycles. The Balaban J connectivity index is 1.59. The van der Waals surface area contributed by atoms with Crippen molar-refractivity contribution in [3.05, 3.63) is 105 Å². The number of carbonyl (C=O) groups is 2. The number of nitrogens with one attached hydrogen (secondary N) is 2. The van der Waals surface area contributed by atoms with Crippen molar-refractivity contribution >= 4 is 35.0 Å². The van der Waals surface area contributed by atoms with Crippen LogP contribution in [0.4, 0.5) is 37.7 Å². The van der Waals surface area contributed by atoms with Crippen LogP contribution in [0.25, 0.3) is 5.69 Å². The Morgan fingerprint density at radius 2 is 1.68 bits per heavy atom. The van der Waals surface area contributed by atoms with Crippen LogP contribution < -0.4 is 10.6 Å². The molecule has 0 fully saturated rings. The number of benzene rings is 3. The van der Waals surface area contributed by atoms with Crippen LogP contribution in [0.3, 0.4) is 0 Å². The fourth-order valence-corrected chi connectivity index (χ4v) is 4.72. The van der Waals surface area contributed by atoms with Gasteiger partial charge >= 0.3 is 12.4 Å². The summed E-state index contributed by atoms with van der Waals surface area (Å²) in [6.45, 7) is 1.10. The molecule has 4 rings (SSSR count). The normalized spacial score (nSPS) is 11.7. The number of amides is 2. The first-order valence-corrected chi connectivity index (χ1v) is 13.4. The fraction of sp³-hybridized carbons (Fsp3) is 0.185. The topological polar surface area (TPSA) is 132 Å². The number of nitro benzene ring substituents is 1. The SMILES string of the molecule is Cc1ccc(C(=O)NCc2nnc(SCC(=O)Nc3ccccc3C(F)(F)F)n2-c2cccc(C(F)(F)F)c2)cc1[N+](=O)[O-]. The molecule has 0 aliphatic carbocycles. The summed E-state index contributed by atoms with van der Waals surface area (Å²) >= 11 is 0.681. The molecule has 17 heteroatoms. The number of anilines is 1. The van der Waals surface area contributed by atoms with E-state index in [9.17, 15) is 46.0 Å². The third-order valence-corrected chi connectivity index (χ3v) is 6.98. The van der Waals surface area contributed by atoms with E-state index in [1.54, 1.807) is 0 Å². The molecule has 10 nitrogen and oxygen atoms in total. The summed E-state index contributed by atoms with van der Waals surface area (Å²) in [6, 6.07) is 12.2. The lowest BCUT2D eigenvalue weighted by molar-refractivity contribution is -0.385. The number of hydrogen-bond acceptors (Lipinski definition) is 7. The number of nitrogens with zero attached hydrogens (tertiary/aromatic N) is 4. The summed E-state index contributed by atoms with van der Waals surface area (Å²) in [5.74, 6) is -2.17. The van der Waals surface area contributed by atoms with Crippen molar-refractivity contribution in [3.8, 4) is 5.69 Å². The number of carbonyl (C=O) groups excluding carboxylic acids is 2. The average Bonchev–Trinajstić information content (AvgIpc) is 3.37. The molecule has 2 N–H and O–H groups in total. The van der Waals surface area contributed by atoms with Gasteiger partial charge in [0.25, 0.3) is 11.6 Å². The zero-order chi connectivity index (χ0) is 32.2. The van der Waals surface area contributed by atoms with Crippen LogP contribution in [0, 0.1) is 17.0 Å². The Kier molecular flexibility index (Phi) is 9.27. The van der Waals surface area contributed by atoms with Crippen molar-refractivity contribution in [1.82, 2.24) is 20.1 Å². The van der Waals surface area contributed by atoms with Gasteiger partial charge in [-0.15, -0.1) is 10.2 Å². The number of aromatic nitrogens is 3. The van der Waals surface area contributed by atoms with E-state index in [1.807, 2.05) is 0 Å². The second-order valence-electron chi connectivity index (χ2n) is 9.10. The molecule has 1 heterocycles. The maximum atomic E-state index is 13.5. The predicted molar refractivity (Wildman–Crippen MR) is 146 cm³/mol. The second-order valence-corrected chi connectivity index (χ2v) is 10.0. The van der Waals surface area contributed by atoms with Crippen molar-refractivity contribution in [2.45, 2.75) is 31.0 Å². The third kappa shape index (κ3) is 7.52. The molecule has 0 saturated heterocycles. The number of alkyl halides is 6. The highest BCUT2D eigenvalue weighted by atomic mass is 32.2. The molecular formula is C27H20F6N6O4S. The van der Waals surface area contributed by atoms with Gasteiger partial charge in [-0.25, -0.2) is 0 Å². The van der Waals surface area contributed by atoms with Crippen LogP contribution in [0.15, 0.2) is 71.9 Å². The summed E-state index contributed by atoms with van der Waals surface area (Å²) in [6.07, 6.45) is -9.44. The highest BCUT2D eigenvalue weighted by molar-refractivity contribution is 7.99. The highest BCUT2D eigenvalue weighted by Crippen LogP contribution is 2.35. The van der Waals surface area contributed by atoms with Gasteiger partial charge in [0.05, 0.1) is 39.7 Å². The van der Waals surface area contributed by atoms with Crippen LogP contribution in [0.5, 0.6) is 0 Å². The molecule has 230 valence electrons. The van der Waals surface area contributed by atoms with E-state index in [2.05, 4.69) is 20.8 Å². The molecule has 0 aliphatic rings. The van der Waals surface area contributed by atoms with Gasteiger partial charge in [-0.2, -0.15) is 26.3 Å². The Hall–Kier alpha value is -4.93. The Labute approximate surface area is 248 Å². The van der Waals surface area contributed by atoms with Crippen molar-refractivity contribution in [2.75, 3.05) is 11.1 Å². The standard InChI is InChI=1S/C27H20F6N6O4S/c1-15-9-10-16(11-21(15)39(42)43)24(41)34-13-22-36-37-25(38(22)18-6-4-5-17(12-18)26(28,29)30)44-14-23(40)35-20-8-3-2-7-19(20)27(31,32)33/h2-12H,13-14H2,1H3,(H,34,41)(H,35,40). The van der Waals surface area contributed by atoms with Gasteiger partial charge < -0.3 is 10.6 Å². The molecule has 44 heavy (non-hydrogen) atoms. The Morgan fingerprint density at radius 1 is 0.955 bits per heavy atom. The first-order valence-electron chi connectivity index (χ1n) is 12.4. The van der Waals surface area contributed by atoms with Gasteiger partial charge in [0.2, 0.25) is 5.91 Å². The average molecular weight is 639 g/mol. The smallest absolute Gasteiger partial charge is 0.345 e. The second kappa shape index (κ2) is 12.7. The zero-order valence-electron chi connectivity index (χ0n) is 22.4. The molecular weight excluding hydrogens is 618 g/mol. The number of aryl methyl sites for hydroxylation is 1. The molecule has 0 spiro atoms. The third-order valence-electron chi connectivity index (χ3n) is 6.05. The fourth-order valence-electron chi connectivity index (χ4n) is 3.95. The number of para-hydroxylation sites is 1. The van der Waals surface area contributed by atoms with E-state index in [-0.39, 0.29) is 27.9 Å². The van der Waals surface area contributed by atoms with E-state index in [1.165, 1.54) is 31.2 Å². The highest BCUT2D eigenvalue weighted by Gasteiger charge is 2.34. The van der Waals surface area contributed by atoms with E-state index >= 15 is 0 Å². The predicted octanol–water partition coefficient (Wildman–Crippen LogP) is 6.18. The van der Waals surface area contributed by atoms with Gasteiger partial charge in [-0.3, -0.25) is 24.3 Å². The monoisotopic (exact) mass is 638 g/mol. The molecule has 4 aromatic rings. The van der Waals surface area contributed by atoms with Gasteiger partial charge in [0, 0.05) is 17.2 Å². The molecule has 3 aromatic carbocycles. The summed E-state index contributed by atoms with van der Waals surface area (Å²) < 4.78 is 81.4. The van der Waals surface area contributed by atoms with Gasteiger partial charge in [-0.05, 0) is 43.3 Å². The van der Waals surface area contributed by atoms with Crippen molar-refractivity contribution in [1.29, 1.82) is 0 Å². The lowest BCUT2D eigenvalue weighted by Gasteiger charge is -2.14. The Bertz CT molecular complexity index is 1720. The molecule has 0 bridgehead atoms. The van der Waals surface area contributed by atoms with Gasteiger partial charge in [-0.1, -0.05) is 36.0 Å². The number of halogens is 6. The zero-order valence-corrected chi connectivity index (χ0v) is 23.2. The summed E-state index contributed by atoms with van der Waals surface area (Å²) in [5.41, 5.74) is -2.67. The number of rotatable bonds is 9. The minimum absolute atomic E-state index is 0.0576. The van der Waals surface area contributed by atoms with Crippen molar-refractivity contribution in [2.24, 2.45) is 0 Å². The van der Waals surface area contributed by atoms with Crippen molar-refractivity contribution < 1.29 is 40.9 Å². The first kappa shape index (κ1) is 32.0.